The molecule has 2 unspecified atom stereocenters. The summed E-state index contributed by atoms with van der Waals surface area (Å²) in [4.78, 5) is 9.66. The van der Waals surface area contributed by atoms with Crippen LogP contribution in [0.3, 0.4) is 0 Å². The zero-order valence-electron chi connectivity index (χ0n) is 16.9. The Morgan fingerprint density at radius 2 is 2.22 bits per heavy atom. The van der Waals surface area contributed by atoms with E-state index in [1.54, 1.807) is 0 Å². The SMILES string of the molecule is CCNC(=NCC1CCN(c2cc(Cl)ccc2C)C1)N(C)CC1CCOC1. The van der Waals surface area contributed by atoms with Crippen LogP contribution in [0.1, 0.15) is 25.3 Å². The number of anilines is 1. The third-order valence-electron chi connectivity index (χ3n) is 5.55. The molecule has 3 rings (SSSR count). The van der Waals surface area contributed by atoms with Crippen molar-refractivity contribution in [3.63, 3.8) is 0 Å². The van der Waals surface area contributed by atoms with E-state index in [2.05, 4.69) is 48.1 Å². The minimum atomic E-state index is 0.584. The second kappa shape index (κ2) is 9.65. The molecule has 2 heterocycles. The summed E-state index contributed by atoms with van der Waals surface area (Å²) in [5, 5.41) is 4.25. The second-order valence-corrected chi connectivity index (χ2v) is 8.27. The van der Waals surface area contributed by atoms with Crippen molar-refractivity contribution in [2.24, 2.45) is 16.8 Å². The monoisotopic (exact) mass is 392 g/mol. The Morgan fingerprint density at radius 3 is 2.96 bits per heavy atom. The quantitative estimate of drug-likeness (QED) is 0.595. The van der Waals surface area contributed by atoms with Gasteiger partial charge < -0.3 is 19.9 Å². The summed E-state index contributed by atoms with van der Waals surface area (Å²) in [5.41, 5.74) is 2.55. The maximum absolute atomic E-state index is 6.20. The maximum Gasteiger partial charge on any atom is 0.193 e. The van der Waals surface area contributed by atoms with E-state index in [4.69, 9.17) is 21.3 Å². The lowest BCUT2D eigenvalue weighted by Crippen LogP contribution is -2.41. The lowest BCUT2D eigenvalue weighted by molar-refractivity contribution is 0.181. The van der Waals surface area contributed by atoms with Crippen molar-refractivity contribution in [2.75, 3.05) is 57.9 Å². The number of nitrogens with one attached hydrogen (secondary N) is 1. The molecule has 2 aliphatic rings. The van der Waals surface area contributed by atoms with E-state index in [1.807, 2.05) is 6.07 Å². The first-order chi connectivity index (χ1) is 13.1. The van der Waals surface area contributed by atoms with Gasteiger partial charge in [-0.05, 0) is 50.3 Å². The molecule has 2 fully saturated rings. The minimum Gasteiger partial charge on any atom is -0.381 e. The van der Waals surface area contributed by atoms with Gasteiger partial charge in [-0.2, -0.15) is 0 Å². The largest absolute Gasteiger partial charge is 0.381 e. The van der Waals surface area contributed by atoms with Crippen LogP contribution in [-0.4, -0.2) is 63.8 Å². The molecule has 2 aliphatic heterocycles. The van der Waals surface area contributed by atoms with E-state index in [0.717, 1.165) is 63.3 Å². The summed E-state index contributed by atoms with van der Waals surface area (Å²) in [6, 6.07) is 6.16. The first-order valence-electron chi connectivity index (χ1n) is 10.1. The molecule has 0 aliphatic carbocycles. The van der Waals surface area contributed by atoms with Crippen molar-refractivity contribution in [1.82, 2.24) is 10.2 Å². The summed E-state index contributed by atoms with van der Waals surface area (Å²) in [5.74, 6) is 2.22. The summed E-state index contributed by atoms with van der Waals surface area (Å²) in [6.45, 7) is 10.9. The number of hydrogen-bond donors (Lipinski definition) is 1. The van der Waals surface area contributed by atoms with Crippen LogP contribution in [0.2, 0.25) is 5.02 Å². The molecule has 0 aromatic heterocycles. The van der Waals surface area contributed by atoms with Crippen molar-refractivity contribution < 1.29 is 4.74 Å². The molecule has 2 saturated heterocycles. The van der Waals surface area contributed by atoms with Crippen molar-refractivity contribution in [1.29, 1.82) is 0 Å². The van der Waals surface area contributed by atoms with Gasteiger partial charge in [0.15, 0.2) is 5.96 Å². The molecule has 6 heteroatoms. The predicted octanol–water partition coefficient (Wildman–Crippen LogP) is 3.41. The van der Waals surface area contributed by atoms with Gasteiger partial charge in [-0.25, -0.2) is 0 Å². The topological polar surface area (TPSA) is 40.1 Å². The maximum atomic E-state index is 6.20. The van der Waals surface area contributed by atoms with Crippen molar-refractivity contribution in [3.8, 4) is 0 Å². The minimum absolute atomic E-state index is 0.584. The number of benzene rings is 1. The van der Waals surface area contributed by atoms with Crippen LogP contribution in [0.15, 0.2) is 23.2 Å². The summed E-state index contributed by atoms with van der Waals surface area (Å²) < 4.78 is 5.51. The Kier molecular flexibility index (Phi) is 7.25. The van der Waals surface area contributed by atoms with Crippen LogP contribution in [0.25, 0.3) is 0 Å². The standard InChI is InChI=1S/C21H33ClN4O/c1-4-23-21(25(3)13-18-8-10-27-15-18)24-12-17-7-9-26(14-17)20-11-19(22)6-5-16(20)2/h5-6,11,17-18H,4,7-10,12-15H2,1-3H3,(H,23,24). The number of halogens is 1. The van der Waals surface area contributed by atoms with Gasteiger partial charge in [0, 0.05) is 63.0 Å². The highest BCUT2D eigenvalue weighted by atomic mass is 35.5. The average molecular weight is 393 g/mol. The zero-order valence-corrected chi connectivity index (χ0v) is 17.6. The van der Waals surface area contributed by atoms with Gasteiger partial charge in [-0.15, -0.1) is 0 Å². The van der Waals surface area contributed by atoms with Gasteiger partial charge >= 0.3 is 0 Å². The highest BCUT2D eigenvalue weighted by Gasteiger charge is 2.24. The highest BCUT2D eigenvalue weighted by molar-refractivity contribution is 6.30. The fourth-order valence-electron chi connectivity index (χ4n) is 4.01. The molecule has 5 nitrogen and oxygen atoms in total. The molecular formula is C21H33ClN4O. The number of ether oxygens (including phenoxy) is 1. The Morgan fingerprint density at radius 1 is 1.37 bits per heavy atom. The van der Waals surface area contributed by atoms with E-state index in [0.29, 0.717) is 11.8 Å². The van der Waals surface area contributed by atoms with Gasteiger partial charge in [-0.1, -0.05) is 17.7 Å². The van der Waals surface area contributed by atoms with Crippen LogP contribution >= 0.6 is 11.6 Å². The lowest BCUT2D eigenvalue weighted by atomic mass is 10.1. The number of rotatable bonds is 6. The van der Waals surface area contributed by atoms with E-state index < -0.39 is 0 Å². The third kappa shape index (κ3) is 5.52. The van der Waals surface area contributed by atoms with Gasteiger partial charge in [0.05, 0.1) is 6.61 Å². The average Bonchev–Trinajstić information content (AvgIpc) is 3.32. The number of nitrogens with zero attached hydrogens (tertiary/aromatic N) is 3. The van der Waals surface area contributed by atoms with Gasteiger partial charge in [0.1, 0.15) is 0 Å². The molecule has 27 heavy (non-hydrogen) atoms. The molecule has 0 saturated carbocycles. The Labute approximate surface area is 168 Å². The summed E-state index contributed by atoms with van der Waals surface area (Å²) >= 11 is 6.20. The third-order valence-corrected chi connectivity index (χ3v) is 5.78. The number of hydrogen-bond acceptors (Lipinski definition) is 3. The Hall–Kier alpha value is -1.46. The molecule has 1 aromatic rings. The fourth-order valence-corrected chi connectivity index (χ4v) is 4.18. The van der Waals surface area contributed by atoms with Crippen molar-refractivity contribution >= 4 is 23.2 Å². The smallest absolute Gasteiger partial charge is 0.193 e. The number of aryl methyl sites for hydroxylation is 1. The molecule has 1 aromatic carbocycles. The molecular weight excluding hydrogens is 360 g/mol. The van der Waals surface area contributed by atoms with Crippen LogP contribution in [0, 0.1) is 18.8 Å². The molecule has 1 N–H and O–H groups in total. The van der Waals surface area contributed by atoms with Crippen molar-refractivity contribution in [2.45, 2.75) is 26.7 Å². The van der Waals surface area contributed by atoms with E-state index >= 15 is 0 Å². The van der Waals surface area contributed by atoms with Crippen LogP contribution in [0.5, 0.6) is 0 Å². The zero-order chi connectivity index (χ0) is 19.2. The van der Waals surface area contributed by atoms with Gasteiger partial charge in [0.2, 0.25) is 0 Å². The van der Waals surface area contributed by atoms with Crippen LogP contribution in [0.4, 0.5) is 5.69 Å². The molecule has 2 atom stereocenters. The van der Waals surface area contributed by atoms with Crippen LogP contribution in [-0.2, 0) is 4.74 Å². The normalized spacial score (nSPS) is 23.1. The first-order valence-corrected chi connectivity index (χ1v) is 10.5. The van der Waals surface area contributed by atoms with Gasteiger partial charge in [0.25, 0.3) is 0 Å². The molecule has 0 radical (unpaired) electrons. The second-order valence-electron chi connectivity index (χ2n) is 7.84. The van der Waals surface area contributed by atoms with E-state index in [9.17, 15) is 0 Å². The Balaban J connectivity index is 1.57. The van der Waals surface area contributed by atoms with E-state index in [-0.39, 0.29) is 0 Å². The Bertz CT molecular complexity index is 645. The molecule has 150 valence electrons. The first kappa shape index (κ1) is 20.3. The lowest BCUT2D eigenvalue weighted by Gasteiger charge is -2.25. The predicted molar refractivity (Wildman–Crippen MR) is 114 cm³/mol. The van der Waals surface area contributed by atoms with Crippen LogP contribution < -0.4 is 10.2 Å². The summed E-state index contributed by atoms with van der Waals surface area (Å²) in [7, 11) is 2.14. The highest BCUT2D eigenvalue weighted by Crippen LogP contribution is 2.29. The molecule has 0 amide bonds. The number of guanidine groups is 1. The number of aliphatic imine (C=N–C) groups is 1. The summed E-state index contributed by atoms with van der Waals surface area (Å²) in [6.07, 6.45) is 2.33. The fraction of sp³-hybridized carbons (Fsp3) is 0.667. The molecule has 0 bridgehead atoms. The molecule has 0 spiro atoms. The van der Waals surface area contributed by atoms with Crippen molar-refractivity contribution in [3.05, 3.63) is 28.8 Å². The van der Waals surface area contributed by atoms with E-state index in [1.165, 1.54) is 17.7 Å². The van der Waals surface area contributed by atoms with Gasteiger partial charge in [-0.3, -0.25) is 4.99 Å².